The second-order valence-corrected chi connectivity index (χ2v) is 7.16. The molecule has 2 amide bonds. The summed E-state index contributed by atoms with van der Waals surface area (Å²) in [5, 5.41) is 18.1. The van der Waals surface area contributed by atoms with Crippen LogP contribution in [0.4, 0.5) is 9.59 Å². The fraction of sp³-hybridized carbons (Fsp3) is 0.471. The topological polar surface area (TPSA) is 99.9 Å². The molecule has 0 aliphatic carbocycles. The first kappa shape index (κ1) is 19.5. The molecule has 132 valence electrons. The quantitative estimate of drug-likeness (QED) is 0.598. The molecule has 0 unspecified atom stereocenters. The monoisotopic (exact) mass is 336 g/mol. The number of imide groups is 1. The molecule has 2 N–H and O–H groups in total. The summed E-state index contributed by atoms with van der Waals surface area (Å²) in [7, 11) is 0. The summed E-state index contributed by atoms with van der Waals surface area (Å²) in [4.78, 5) is 25.2. The van der Waals surface area contributed by atoms with Crippen molar-refractivity contribution in [3.8, 4) is 5.75 Å². The molecule has 24 heavy (non-hydrogen) atoms. The van der Waals surface area contributed by atoms with E-state index in [9.17, 15) is 14.7 Å². The third kappa shape index (κ3) is 5.57. The number of nitrogens with one attached hydrogen (secondary N) is 1. The number of carbonyl (C=O) groups is 2. The van der Waals surface area contributed by atoms with Crippen LogP contribution in [-0.4, -0.2) is 39.2 Å². The van der Waals surface area contributed by atoms with Crippen molar-refractivity contribution in [1.82, 2.24) is 4.90 Å². The minimum Gasteiger partial charge on any atom is -0.507 e. The van der Waals surface area contributed by atoms with Crippen LogP contribution in [0.15, 0.2) is 24.3 Å². The Morgan fingerprint density at radius 2 is 1.38 bits per heavy atom. The zero-order valence-electron chi connectivity index (χ0n) is 14.8. The molecule has 0 atom stereocenters. The van der Waals surface area contributed by atoms with Crippen LogP contribution in [0, 0.1) is 5.41 Å². The van der Waals surface area contributed by atoms with Gasteiger partial charge in [0.15, 0.2) is 5.84 Å². The second kappa shape index (κ2) is 6.90. The number of nitrogens with zero attached hydrogens (tertiary/aromatic N) is 1. The first-order valence-electron chi connectivity index (χ1n) is 7.45. The third-order valence-corrected chi connectivity index (χ3v) is 2.53. The molecule has 0 bridgehead atoms. The highest BCUT2D eigenvalue weighted by molar-refractivity contribution is 6.15. The summed E-state index contributed by atoms with van der Waals surface area (Å²) in [6, 6.07) is 5.91. The van der Waals surface area contributed by atoms with Gasteiger partial charge in [0.25, 0.3) is 0 Å². The number of ether oxygens (including phenoxy) is 2. The highest BCUT2D eigenvalue weighted by Crippen LogP contribution is 2.21. The van der Waals surface area contributed by atoms with Crippen LogP contribution in [0.5, 0.6) is 5.75 Å². The Labute approximate surface area is 141 Å². The van der Waals surface area contributed by atoms with Gasteiger partial charge in [-0.05, 0) is 53.7 Å². The maximum absolute atomic E-state index is 12.4. The number of hydrogen-bond acceptors (Lipinski definition) is 6. The number of hydrogen-bond donors (Lipinski definition) is 2. The lowest BCUT2D eigenvalue weighted by Crippen LogP contribution is -2.47. The van der Waals surface area contributed by atoms with E-state index in [0.717, 1.165) is 0 Å². The molecule has 7 nitrogen and oxygen atoms in total. The Hall–Kier alpha value is -2.57. The third-order valence-electron chi connectivity index (χ3n) is 2.53. The van der Waals surface area contributed by atoms with Gasteiger partial charge in [0.2, 0.25) is 0 Å². The number of carbonyl (C=O) groups excluding carboxylic acids is 2. The molecule has 0 radical (unpaired) electrons. The largest absolute Gasteiger partial charge is 0.507 e. The molecule has 0 heterocycles. The summed E-state index contributed by atoms with van der Waals surface area (Å²) >= 11 is 0. The minimum absolute atomic E-state index is 0.00854. The van der Waals surface area contributed by atoms with Gasteiger partial charge in [-0.3, -0.25) is 5.41 Å². The van der Waals surface area contributed by atoms with E-state index in [4.69, 9.17) is 14.9 Å². The van der Waals surface area contributed by atoms with Crippen molar-refractivity contribution in [2.75, 3.05) is 0 Å². The zero-order chi connectivity index (χ0) is 18.7. The predicted octanol–water partition coefficient (Wildman–Crippen LogP) is 3.89. The summed E-state index contributed by atoms with van der Waals surface area (Å²) in [5.74, 6) is -0.767. The van der Waals surface area contributed by atoms with Crippen molar-refractivity contribution < 1.29 is 24.2 Å². The van der Waals surface area contributed by atoms with E-state index in [1.54, 1.807) is 53.7 Å². The summed E-state index contributed by atoms with van der Waals surface area (Å²) < 4.78 is 10.4. The molecule has 0 saturated carbocycles. The van der Waals surface area contributed by atoms with Gasteiger partial charge >= 0.3 is 12.2 Å². The number of phenols is 1. The molecule has 1 rings (SSSR count). The van der Waals surface area contributed by atoms with Crippen LogP contribution >= 0.6 is 0 Å². The van der Waals surface area contributed by atoms with Gasteiger partial charge in [0.05, 0.1) is 5.56 Å². The molecular weight excluding hydrogens is 312 g/mol. The highest BCUT2D eigenvalue weighted by Gasteiger charge is 2.35. The maximum atomic E-state index is 12.4. The molecule has 0 fully saturated rings. The lowest BCUT2D eigenvalue weighted by molar-refractivity contribution is 0.0147. The van der Waals surface area contributed by atoms with E-state index in [1.807, 2.05) is 0 Å². The average molecular weight is 336 g/mol. The van der Waals surface area contributed by atoms with Crippen molar-refractivity contribution >= 4 is 18.0 Å². The van der Waals surface area contributed by atoms with E-state index in [0.29, 0.717) is 4.90 Å². The van der Waals surface area contributed by atoms with Crippen molar-refractivity contribution in [1.29, 1.82) is 5.41 Å². The smallest absolute Gasteiger partial charge is 0.425 e. The van der Waals surface area contributed by atoms with Crippen molar-refractivity contribution in [3.63, 3.8) is 0 Å². The number of amides is 2. The SMILES string of the molecule is CC(C)(C)OC(=O)N(C(=N)c1ccccc1O)C(=O)OC(C)(C)C. The number of benzene rings is 1. The van der Waals surface area contributed by atoms with Crippen molar-refractivity contribution in [2.24, 2.45) is 0 Å². The maximum Gasteiger partial charge on any atom is 0.425 e. The number of amidine groups is 1. The summed E-state index contributed by atoms with van der Waals surface area (Å²) in [6.07, 6.45) is -2.10. The van der Waals surface area contributed by atoms with Crippen molar-refractivity contribution in [3.05, 3.63) is 29.8 Å². The van der Waals surface area contributed by atoms with Crippen LogP contribution in [0.3, 0.4) is 0 Å². The number of aromatic hydroxyl groups is 1. The van der Waals surface area contributed by atoms with Gasteiger partial charge in [0.1, 0.15) is 17.0 Å². The molecule has 1 aromatic rings. The second-order valence-electron chi connectivity index (χ2n) is 7.16. The molecule has 0 saturated heterocycles. The van der Waals surface area contributed by atoms with Crippen LogP contribution < -0.4 is 0 Å². The van der Waals surface area contributed by atoms with Crippen LogP contribution in [-0.2, 0) is 9.47 Å². The fourth-order valence-electron chi connectivity index (χ4n) is 1.67. The van der Waals surface area contributed by atoms with Gasteiger partial charge in [0, 0.05) is 0 Å². The number of phenolic OH excluding ortho intramolecular Hbond substituents is 1. The van der Waals surface area contributed by atoms with Crippen LogP contribution in [0.1, 0.15) is 47.1 Å². The molecular formula is C17H24N2O5. The Morgan fingerprint density at radius 3 is 1.75 bits per heavy atom. The van der Waals surface area contributed by atoms with Crippen LogP contribution in [0.25, 0.3) is 0 Å². The first-order chi connectivity index (χ1) is 10.8. The fourth-order valence-corrected chi connectivity index (χ4v) is 1.67. The average Bonchev–Trinajstić information content (AvgIpc) is 2.34. The Bertz CT molecular complexity index is 613. The Morgan fingerprint density at radius 1 is 0.958 bits per heavy atom. The van der Waals surface area contributed by atoms with Gasteiger partial charge in [-0.2, -0.15) is 4.90 Å². The minimum atomic E-state index is -1.05. The molecule has 0 aliphatic rings. The first-order valence-corrected chi connectivity index (χ1v) is 7.45. The number of rotatable bonds is 1. The normalized spacial score (nSPS) is 11.6. The van der Waals surface area contributed by atoms with Gasteiger partial charge in [-0.1, -0.05) is 12.1 Å². The lowest BCUT2D eigenvalue weighted by Gasteiger charge is -2.28. The van der Waals surface area contributed by atoms with Gasteiger partial charge < -0.3 is 14.6 Å². The van der Waals surface area contributed by atoms with Crippen molar-refractivity contribution in [2.45, 2.75) is 52.7 Å². The molecule has 7 heteroatoms. The van der Waals surface area contributed by atoms with Gasteiger partial charge in [-0.15, -0.1) is 0 Å². The Balaban J connectivity index is 3.23. The van der Waals surface area contributed by atoms with E-state index < -0.39 is 29.2 Å². The van der Waals surface area contributed by atoms with E-state index in [1.165, 1.54) is 12.1 Å². The summed E-state index contributed by atoms with van der Waals surface area (Å²) in [6.45, 7) is 9.84. The summed E-state index contributed by atoms with van der Waals surface area (Å²) in [5.41, 5.74) is -1.72. The Kier molecular flexibility index (Phi) is 5.60. The molecule has 0 aromatic heterocycles. The van der Waals surface area contributed by atoms with Gasteiger partial charge in [-0.25, -0.2) is 9.59 Å². The highest BCUT2D eigenvalue weighted by atomic mass is 16.6. The predicted molar refractivity (Wildman–Crippen MR) is 89.2 cm³/mol. The molecule has 0 aliphatic heterocycles. The standard InChI is InChI=1S/C17H24N2O5/c1-16(2,3)23-14(21)19(15(22)24-17(4,5)6)13(18)11-9-7-8-10-12(11)20/h7-10,18,20H,1-6H3. The number of para-hydroxylation sites is 1. The van der Waals surface area contributed by atoms with E-state index in [-0.39, 0.29) is 11.3 Å². The lowest BCUT2D eigenvalue weighted by atomic mass is 10.1. The molecule has 1 aromatic carbocycles. The molecule has 0 spiro atoms. The van der Waals surface area contributed by atoms with Crippen LogP contribution in [0.2, 0.25) is 0 Å². The van der Waals surface area contributed by atoms with E-state index >= 15 is 0 Å². The zero-order valence-corrected chi connectivity index (χ0v) is 14.8. The van der Waals surface area contributed by atoms with E-state index in [2.05, 4.69) is 0 Å².